The van der Waals surface area contributed by atoms with Gasteiger partial charge in [0, 0.05) is 0 Å². The van der Waals surface area contributed by atoms with E-state index in [4.69, 9.17) is 14.7 Å². The van der Waals surface area contributed by atoms with Crippen LogP contribution in [0.5, 0.6) is 0 Å². The summed E-state index contributed by atoms with van der Waals surface area (Å²) in [5.41, 5.74) is 0. The minimum absolute atomic E-state index is 0. The molecule has 0 aliphatic rings. The molecule has 0 fully saturated rings. The molecule has 0 rings (SSSR count). The van der Waals surface area contributed by atoms with Gasteiger partial charge in [-0.3, -0.25) is 0 Å². The van der Waals surface area contributed by atoms with E-state index in [-0.39, 0.29) is 23.1 Å². The molecular weight excluding hydrogens is 115 g/mol. The van der Waals surface area contributed by atoms with Gasteiger partial charge in [-0.15, -0.1) is 0 Å². The van der Waals surface area contributed by atoms with Crippen LogP contribution in [0.4, 0.5) is 0 Å². The van der Waals surface area contributed by atoms with E-state index in [2.05, 4.69) is 0 Å². The van der Waals surface area contributed by atoms with Crippen LogP contribution in [0.1, 0.15) is 0 Å². The maximum Gasteiger partial charge on any atom is 0.316 e. The minimum atomic E-state index is -3.61. The Labute approximate surface area is 52.7 Å². The average Bonchev–Trinajstić information content (AvgIpc) is 0.722. The van der Waals surface area contributed by atoms with Crippen LogP contribution in [-0.2, 0) is 0 Å². The maximum atomic E-state index is 7.77. The van der Waals surface area contributed by atoms with E-state index < -0.39 is 7.94 Å². The summed E-state index contributed by atoms with van der Waals surface area (Å²) in [7, 11) is -3.61. The molecule has 0 bridgehead atoms. The van der Waals surface area contributed by atoms with Crippen molar-refractivity contribution in [2.75, 3.05) is 6.66 Å². The van der Waals surface area contributed by atoms with Crippen LogP contribution in [0, 0.1) is 0 Å². The van der Waals surface area contributed by atoms with E-state index in [1.165, 1.54) is 0 Å². The minimum Gasteiger partial charge on any atom is 0.316 e. The Morgan fingerprint density at radius 1 is 1.17 bits per heavy atom. The monoisotopic (exact) mass is 124 g/mol. The molecule has 0 amide bonds. The van der Waals surface area contributed by atoms with Gasteiger partial charge in [0.15, 0.2) is 0 Å². The fourth-order valence-corrected chi connectivity index (χ4v) is 0. The Kier molecular flexibility index (Phi) is 5.28. The van der Waals surface area contributed by atoms with Crippen LogP contribution in [-0.4, -0.2) is 44.4 Å². The third kappa shape index (κ3) is 72.8. The van der Waals surface area contributed by atoms with Gasteiger partial charge in [0.05, 0.1) is 0 Å². The Morgan fingerprint density at radius 3 is 1.17 bits per heavy atom. The zero-order valence-electron chi connectivity index (χ0n) is 2.84. The molecular formula is CH9MgO3P. The molecule has 6 heavy (non-hydrogen) atoms. The smallest absolute Gasteiger partial charge is 0.316 e. The molecule has 0 heterocycles. The Hall–Kier alpha value is 1.08. The summed E-state index contributed by atoms with van der Waals surface area (Å²) in [6.45, 7) is 0.993. The third-order valence-corrected chi connectivity index (χ3v) is 0. The molecule has 0 unspecified atom stereocenters. The van der Waals surface area contributed by atoms with E-state index in [0.29, 0.717) is 0 Å². The molecule has 3 N–H and O–H groups in total. The second-order valence-corrected chi connectivity index (χ2v) is 2.91. The number of rotatable bonds is 0. The first-order chi connectivity index (χ1) is 2.00. The molecule has 5 heteroatoms. The molecule has 38 valence electrons. The largest absolute Gasteiger partial charge is 0.316 e. The summed E-state index contributed by atoms with van der Waals surface area (Å²) < 4.78 is 0. The second-order valence-electron chi connectivity index (χ2n) is 0.971. The summed E-state index contributed by atoms with van der Waals surface area (Å²) in [6.07, 6.45) is 0. The van der Waals surface area contributed by atoms with Crippen LogP contribution in [0.2, 0.25) is 0 Å². The molecule has 0 aliphatic carbocycles. The van der Waals surface area contributed by atoms with Crippen molar-refractivity contribution in [3.05, 3.63) is 0 Å². The van der Waals surface area contributed by atoms with Crippen molar-refractivity contribution in [3.63, 3.8) is 0 Å². The van der Waals surface area contributed by atoms with Gasteiger partial charge in [0.2, 0.25) is 0 Å². The van der Waals surface area contributed by atoms with Gasteiger partial charge in [0.1, 0.15) is 0 Å². The van der Waals surface area contributed by atoms with Gasteiger partial charge < -0.3 is 0 Å². The van der Waals surface area contributed by atoms with Crippen molar-refractivity contribution in [1.29, 1.82) is 0 Å². The molecule has 0 aliphatic heterocycles. The molecule has 0 aromatic rings. The van der Waals surface area contributed by atoms with Crippen molar-refractivity contribution in [2.24, 2.45) is 0 Å². The number of hydrogen-bond donors (Lipinski definition) is 3. The summed E-state index contributed by atoms with van der Waals surface area (Å²) in [6, 6.07) is 0. The predicted octanol–water partition coefficient (Wildman–Crippen LogP) is -1.83. The standard InChI is InChI=1S/CH7O3P.Mg.2H/c1-5(2,3)4;;;/h2-5H,1H3;;;. The molecule has 0 atom stereocenters. The van der Waals surface area contributed by atoms with Gasteiger partial charge in [-0.05, 0) is 0 Å². The fraction of sp³-hybridized carbons (Fsp3) is 1.00. The van der Waals surface area contributed by atoms with Crippen LogP contribution in [0.3, 0.4) is 0 Å². The first-order valence-corrected chi connectivity index (χ1v) is 3.51. The molecule has 0 radical (unpaired) electrons. The predicted molar refractivity (Wildman–Crippen MR) is 29.4 cm³/mol. The van der Waals surface area contributed by atoms with E-state index in [9.17, 15) is 0 Å². The van der Waals surface area contributed by atoms with Crippen LogP contribution >= 0.6 is 7.94 Å². The fourth-order valence-electron chi connectivity index (χ4n) is 0. The van der Waals surface area contributed by atoms with E-state index >= 15 is 0 Å². The van der Waals surface area contributed by atoms with Crippen molar-refractivity contribution in [1.82, 2.24) is 0 Å². The van der Waals surface area contributed by atoms with Crippen molar-refractivity contribution in [2.45, 2.75) is 0 Å². The number of hydrogen-bond acceptors (Lipinski definition) is 3. The van der Waals surface area contributed by atoms with Gasteiger partial charge in [0.25, 0.3) is 0 Å². The first kappa shape index (κ1) is 10.1. The van der Waals surface area contributed by atoms with Crippen molar-refractivity contribution in [3.8, 4) is 0 Å². The van der Waals surface area contributed by atoms with Gasteiger partial charge in [-0.1, -0.05) is 0 Å². The SMILES string of the molecule is C[PH](O)(O)O.[MgH2]. The Balaban J connectivity index is 0. The van der Waals surface area contributed by atoms with Gasteiger partial charge >= 0.3 is 52.3 Å². The zero-order valence-corrected chi connectivity index (χ0v) is 3.84. The van der Waals surface area contributed by atoms with E-state index in [0.717, 1.165) is 6.66 Å². The summed E-state index contributed by atoms with van der Waals surface area (Å²) in [5.74, 6) is 0. The molecule has 0 saturated heterocycles. The van der Waals surface area contributed by atoms with Crippen LogP contribution < -0.4 is 0 Å². The van der Waals surface area contributed by atoms with Crippen molar-refractivity contribution >= 4 is 31.0 Å². The molecule has 0 aromatic heterocycles. The maximum absolute atomic E-state index is 7.77. The normalized spacial score (nSPS) is 12.7. The molecule has 3 nitrogen and oxygen atoms in total. The molecule has 0 aromatic carbocycles. The third-order valence-electron chi connectivity index (χ3n) is 0. The topological polar surface area (TPSA) is 60.7 Å². The van der Waals surface area contributed by atoms with E-state index in [1.807, 2.05) is 0 Å². The zero-order chi connectivity index (χ0) is 4.50. The molecule has 0 spiro atoms. The van der Waals surface area contributed by atoms with E-state index in [1.54, 1.807) is 0 Å². The Morgan fingerprint density at radius 2 is 1.17 bits per heavy atom. The first-order valence-electron chi connectivity index (χ1n) is 1.17. The average molecular weight is 124 g/mol. The van der Waals surface area contributed by atoms with Crippen LogP contribution in [0.25, 0.3) is 0 Å². The van der Waals surface area contributed by atoms with Crippen LogP contribution in [0.15, 0.2) is 0 Å². The summed E-state index contributed by atoms with van der Waals surface area (Å²) >= 11 is 0. The van der Waals surface area contributed by atoms with Crippen molar-refractivity contribution < 1.29 is 14.7 Å². The Bertz CT molecular complexity index is 26.3. The molecule has 0 saturated carbocycles. The quantitative estimate of drug-likeness (QED) is 0.263. The second kappa shape index (κ2) is 3.13. The summed E-state index contributed by atoms with van der Waals surface area (Å²) in [5, 5.41) is 0. The van der Waals surface area contributed by atoms with Gasteiger partial charge in [-0.25, -0.2) is 0 Å². The van der Waals surface area contributed by atoms with Gasteiger partial charge in [-0.2, -0.15) is 0 Å². The summed E-state index contributed by atoms with van der Waals surface area (Å²) in [4.78, 5) is 23.3.